The molecule has 1 aromatic carbocycles. The molecule has 1 saturated heterocycles. The number of anilines is 2. The smallest absolute Gasteiger partial charge is 0.292 e. The summed E-state index contributed by atoms with van der Waals surface area (Å²) in [5, 5.41) is 11.4. The Morgan fingerprint density at radius 3 is 2.32 bits per heavy atom. The molecule has 0 bridgehead atoms. The Morgan fingerprint density at radius 2 is 1.77 bits per heavy atom. The molecule has 22 heavy (non-hydrogen) atoms. The van der Waals surface area contributed by atoms with E-state index in [2.05, 4.69) is 23.6 Å². The van der Waals surface area contributed by atoms with Gasteiger partial charge >= 0.3 is 0 Å². The van der Waals surface area contributed by atoms with E-state index in [4.69, 9.17) is 0 Å². The van der Waals surface area contributed by atoms with Gasteiger partial charge in [0, 0.05) is 37.9 Å². The fourth-order valence-corrected chi connectivity index (χ4v) is 3.16. The van der Waals surface area contributed by atoms with Crippen LogP contribution < -0.4 is 9.80 Å². The molecule has 1 aliphatic heterocycles. The number of nitro benzene ring substituents is 1. The Balaban J connectivity index is 2.34. The maximum Gasteiger partial charge on any atom is 0.292 e. The average molecular weight is 305 g/mol. The van der Waals surface area contributed by atoms with Gasteiger partial charge in [-0.15, -0.1) is 0 Å². The van der Waals surface area contributed by atoms with Gasteiger partial charge in [0.15, 0.2) is 0 Å². The van der Waals surface area contributed by atoms with Gasteiger partial charge in [0.25, 0.3) is 5.69 Å². The molecule has 0 unspecified atom stereocenters. The first-order valence-electron chi connectivity index (χ1n) is 8.45. The van der Waals surface area contributed by atoms with Crippen molar-refractivity contribution in [2.45, 2.75) is 46.0 Å². The van der Waals surface area contributed by atoms with E-state index in [0.29, 0.717) is 0 Å². The van der Waals surface area contributed by atoms with E-state index in [-0.39, 0.29) is 10.6 Å². The molecular weight excluding hydrogens is 278 g/mol. The van der Waals surface area contributed by atoms with Crippen molar-refractivity contribution < 1.29 is 4.92 Å². The summed E-state index contributed by atoms with van der Waals surface area (Å²) in [7, 11) is 0. The van der Waals surface area contributed by atoms with Crippen molar-refractivity contribution >= 4 is 17.1 Å². The number of piperidine rings is 1. The van der Waals surface area contributed by atoms with Crippen LogP contribution >= 0.6 is 0 Å². The Bertz CT molecular complexity index is 493. The third-order valence-electron chi connectivity index (χ3n) is 4.20. The van der Waals surface area contributed by atoms with Crippen molar-refractivity contribution in [3.05, 3.63) is 28.3 Å². The predicted molar refractivity (Wildman–Crippen MR) is 92.0 cm³/mol. The van der Waals surface area contributed by atoms with Crippen molar-refractivity contribution in [1.29, 1.82) is 0 Å². The van der Waals surface area contributed by atoms with E-state index in [0.717, 1.165) is 63.2 Å². The molecule has 0 atom stereocenters. The van der Waals surface area contributed by atoms with E-state index in [9.17, 15) is 10.1 Å². The van der Waals surface area contributed by atoms with Gasteiger partial charge in [0.05, 0.1) is 4.92 Å². The van der Waals surface area contributed by atoms with Crippen LogP contribution in [-0.4, -0.2) is 31.1 Å². The number of benzene rings is 1. The lowest BCUT2D eigenvalue weighted by molar-refractivity contribution is -0.384. The first-order chi connectivity index (χ1) is 10.7. The van der Waals surface area contributed by atoms with Gasteiger partial charge in [0.1, 0.15) is 5.69 Å². The molecular formula is C17H27N3O2. The van der Waals surface area contributed by atoms with Crippen LogP contribution in [0.5, 0.6) is 0 Å². The Morgan fingerprint density at radius 1 is 1.14 bits per heavy atom. The lowest BCUT2D eigenvalue weighted by Gasteiger charge is -2.30. The molecule has 122 valence electrons. The van der Waals surface area contributed by atoms with E-state index < -0.39 is 0 Å². The zero-order valence-electron chi connectivity index (χ0n) is 13.8. The maximum atomic E-state index is 11.4. The lowest BCUT2D eigenvalue weighted by Crippen LogP contribution is -2.30. The highest BCUT2D eigenvalue weighted by atomic mass is 16.6. The van der Waals surface area contributed by atoms with Gasteiger partial charge in [-0.25, -0.2) is 0 Å². The second-order valence-electron chi connectivity index (χ2n) is 5.96. The maximum absolute atomic E-state index is 11.4. The van der Waals surface area contributed by atoms with Gasteiger partial charge in [-0.1, -0.05) is 13.8 Å². The van der Waals surface area contributed by atoms with E-state index in [1.165, 1.54) is 6.42 Å². The fourth-order valence-electron chi connectivity index (χ4n) is 3.16. The molecule has 1 aliphatic rings. The van der Waals surface area contributed by atoms with Crippen LogP contribution in [0.3, 0.4) is 0 Å². The lowest BCUT2D eigenvalue weighted by atomic mass is 10.1. The van der Waals surface area contributed by atoms with Crippen molar-refractivity contribution in [1.82, 2.24) is 0 Å². The SMILES string of the molecule is CCCN(CCC)c1ccc([N+](=O)[O-])c(N2CCCCC2)c1. The summed E-state index contributed by atoms with van der Waals surface area (Å²) in [4.78, 5) is 15.6. The Labute approximate surface area is 133 Å². The van der Waals surface area contributed by atoms with E-state index >= 15 is 0 Å². The molecule has 0 spiro atoms. The fraction of sp³-hybridized carbons (Fsp3) is 0.647. The van der Waals surface area contributed by atoms with Crippen LogP contribution in [0.2, 0.25) is 0 Å². The number of nitrogens with zero attached hydrogens (tertiary/aromatic N) is 3. The molecule has 0 aromatic heterocycles. The quantitative estimate of drug-likeness (QED) is 0.559. The van der Waals surface area contributed by atoms with Crippen molar-refractivity contribution in [3.63, 3.8) is 0 Å². The minimum Gasteiger partial charge on any atom is -0.371 e. The topological polar surface area (TPSA) is 49.6 Å². The van der Waals surface area contributed by atoms with Crippen LogP contribution in [-0.2, 0) is 0 Å². The van der Waals surface area contributed by atoms with Gasteiger partial charge in [-0.3, -0.25) is 10.1 Å². The van der Waals surface area contributed by atoms with Gasteiger partial charge in [-0.05, 0) is 44.2 Å². The minimum absolute atomic E-state index is 0.235. The molecule has 0 N–H and O–H groups in total. The molecule has 1 fully saturated rings. The van der Waals surface area contributed by atoms with Crippen LogP contribution in [0.25, 0.3) is 0 Å². The van der Waals surface area contributed by atoms with Crippen LogP contribution in [0.4, 0.5) is 17.1 Å². The first-order valence-corrected chi connectivity index (χ1v) is 8.45. The summed E-state index contributed by atoms with van der Waals surface area (Å²) in [5.41, 5.74) is 2.13. The standard InChI is InChI=1S/C17H27N3O2/c1-3-10-18(11-4-2)15-8-9-16(20(21)22)17(14-15)19-12-6-5-7-13-19/h8-9,14H,3-7,10-13H2,1-2H3. The molecule has 0 saturated carbocycles. The third kappa shape index (κ3) is 3.90. The molecule has 0 amide bonds. The van der Waals surface area contributed by atoms with Crippen molar-refractivity contribution in [2.75, 3.05) is 36.0 Å². The highest BCUT2D eigenvalue weighted by molar-refractivity contribution is 5.70. The molecule has 0 radical (unpaired) electrons. The summed E-state index contributed by atoms with van der Waals surface area (Å²) in [6, 6.07) is 5.60. The number of nitro groups is 1. The normalized spacial score (nSPS) is 14.9. The van der Waals surface area contributed by atoms with Gasteiger partial charge < -0.3 is 9.80 Å². The molecule has 2 rings (SSSR count). The molecule has 5 nitrogen and oxygen atoms in total. The van der Waals surface area contributed by atoms with Gasteiger partial charge in [-0.2, -0.15) is 0 Å². The zero-order chi connectivity index (χ0) is 15.9. The third-order valence-corrected chi connectivity index (χ3v) is 4.20. The number of hydrogen-bond acceptors (Lipinski definition) is 4. The molecule has 5 heteroatoms. The summed E-state index contributed by atoms with van der Waals surface area (Å²) in [6.45, 7) is 8.16. The highest BCUT2D eigenvalue weighted by Crippen LogP contribution is 2.34. The summed E-state index contributed by atoms with van der Waals surface area (Å²) >= 11 is 0. The van der Waals surface area contributed by atoms with E-state index in [1.807, 2.05) is 12.1 Å². The zero-order valence-corrected chi connectivity index (χ0v) is 13.8. The van der Waals surface area contributed by atoms with Crippen LogP contribution in [0, 0.1) is 10.1 Å². The van der Waals surface area contributed by atoms with Gasteiger partial charge in [0.2, 0.25) is 0 Å². The van der Waals surface area contributed by atoms with Crippen molar-refractivity contribution in [3.8, 4) is 0 Å². The number of rotatable bonds is 7. The number of hydrogen-bond donors (Lipinski definition) is 0. The average Bonchev–Trinajstić information content (AvgIpc) is 2.55. The van der Waals surface area contributed by atoms with Crippen LogP contribution in [0.15, 0.2) is 18.2 Å². The highest BCUT2D eigenvalue weighted by Gasteiger charge is 2.22. The second kappa shape index (κ2) is 8.01. The second-order valence-corrected chi connectivity index (χ2v) is 5.96. The van der Waals surface area contributed by atoms with Crippen molar-refractivity contribution in [2.24, 2.45) is 0 Å². The predicted octanol–water partition coefficient (Wildman–Crippen LogP) is 4.21. The van der Waals surface area contributed by atoms with Crippen LogP contribution in [0.1, 0.15) is 46.0 Å². The summed E-state index contributed by atoms with van der Waals surface area (Å²) < 4.78 is 0. The molecule has 1 aromatic rings. The molecule has 0 aliphatic carbocycles. The molecule has 1 heterocycles. The first kappa shape index (κ1) is 16.6. The monoisotopic (exact) mass is 305 g/mol. The van der Waals surface area contributed by atoms with E-state index in [1.54, 1.807) is 6.07 Å². The Kier molecular flexibility index (Phi) is 6.04. The minimum atomic E-state index is -0.252. The Hall–Kier alpha value is -1.78. The summed E-state index contributed by atoms with van der Waals surface area (Å²) in [6.07, 6.45) is 5.62. The largest absolute Gasteiger partial charge is 0.371 e. The summed E-state index contributed by atoms with van der Waals surface area (Å²) in [5.74, 6) is 0.